The number of phenols is 1. The average molecular weight is 795 g/mol. The lowest BCUT2D eigenvalue weighted by atomic mass is 9.79. The number of anilines is 2. The van der Waals surface area contributed by atoms with Crippen LogP contribution in [0.5, 0.6) is 11.5 Å². The first kappa shape index (κ1) is 41.8. The number of aromatic hydroxyl groups is 1. The summed E-state index contributed by atoms with van der Waals surface area (Å²) in [7, 11) is 5.87. The molecule has 0 amide bonds. The molecule has 2 aliphatic heterocycles. The third-order valence-electron chi connectivity index (χ3n) is 11.9. The zero-order valence-corrected chi connectivity index (χ0v) is 36.8. The molecular formula is C49H62N8O2. The Labute approximate surface area is 350 Å². The molecule has 4 aromatic carbocycles. The van der Waals surface area contributed by atoms with Crippen molar-refractivity contribution in [3.63, 3.8) is 0 Å². The molecule has 3 N–H and O–H groups in total. The number of fused-ring (bicyclic) bond motifs is 2. The fourth-order valence-electron chi connectivity index (χ4n) is 9.73. The highest BCUT2D eigenvalue weighted by Crippen LogP contribution is 2.37. The summed E-state index contributed by atoms with van der Waals surface area (Å²) in [5, 5.41) is 40.5. The molecule has 2 aliphatic rings. The topological polar surface area (TPSA) is 112 Å². The summed E-state index contributed by atoms with van der Waals surface area (Å²) in [5.41, 5.74) is 3.68. The number of nitrogens with one attached hydrogen (secondary N) is 2. The fourth-order valence-corrected chi connectivity index (χ4v) is 9.73. The normalized spacial score (nSPS) is 18.5. The minimum Gasteiger partial charge on any atom is -0.507 e. The van der Waals surface area contributed by atoms with Crippen molar-refractivity contribution >= 4 is 33.2 Å². The fraction of sp³-hybridized carbons (Fsp3) is 0.429. The monoisotopic (exact) mass is 794 g/mol. The summed E-state index contributed by atoms with van der Waals surface area (Å²) in [6.45, 7) is 18.1. The molecule has 10 nitrogen and oxygen atoms in total. The van der Waals surface area contributed by atoms with Crippen LogP contribution in [0.1, 0.15) is 81.1 Å². The summed E-state index contributed by atoms with van der Waals surface area (Å²) >= 11 is 0. The number of piperidine rings is 2. The van der Waals surface area contributed by atoms with Crippen LogP contribution in [0.25, 0.3) is 44.1 Å². The van der Waals surface area contributed by atoms with Crippen LogP contribution in [0, 0.1) is 0 Å². The second-order valence-corrected chi connectivity index (χ2v) is 19.3. The zero-order valence-electron chi connectivity index (χ0n) is 36.8. The second-order valence-electron chi connectivity index (χ2n) is 19.3. The number of ether oxygens (including phenoxy) is 1. The molecule has 0 aliphatic carbocycles. The number of methoxy groups -OCH3 is 1. The molecule has 8 rings (SSSR count). The van der Waals surface area contributed by atoms with Crippen molar-refractivity contribution in [3.8, 4) is 34.0 Å². The minimum atomic E-state index is 0.0631. The molecule has 0 bridgehead atoms. The van der Waals surface area contributed by atoms with Gasteiger partial charge >= 0.3 is 0 Å². The van der Waals surface area contributed by atoms with Crippen LogP contribution in [0.2, 0.25) is 0 Å². The van der Waals surface area contributed by atoms with Crippen LogP contribution in [0.3, 0.4) is 0 Å². The molecule has 0 unspecified atom stereocenters. The molecule has 0 spiro atoms. The van der Waals surface area contributed by atoms with E-state index < -0.39 is 0 Å². The van der Waals surface area contributed by atoms with Gasteiger partial charge in [0.2, 0.25) is 0 Å². The molecule has 0 radical (unpaired) electrons. The van der Waals surface area contributed by atoms with Gasteiger partial charge in [-0.3, -0.25) is 0 Å². The number of benzene rings is 4. The first-order valence-electron chi connectivity index (χ1n) is 20.8. The highest BCUT2D eigenvalue weighted by molar-refractivity contribution is 5.91. The van der Waals surface area contributed by atoms with E-state index in [1.807, 2.05) is 36.4 Å². The largest absolute Gasteiger partial charge is 0.507 e. The van der Waals surface area contributed by atoms with E-state index in [0.29, 0.717) is 23.3 Å². The summed E-state index contributed by atoms with van der Waals surface area (Å²) in [6, 6.07) is 33.2. The molecule has 4 heterocycles. The van der Waals surface area contributed by atoms with Crippen molar-refractivity contribution in [1.29, 1.82) is 0 Å². The first-order chi connectivity index (χ1) is 27.8. The number of rotatable bonds is 7. The summed E-state index contributed by atoms with van der Waals surface area (Å²) in [6.07, 6.45) is 4.23. The Kier molecular flexibility index (Phi) is 11.4. The maximum Gasteiger partial charge on any atom is 0.151 e. The average Bonchev–Trinajstić information content (AvgIpc) is 3.17. The number of phenolic OH excluding ortho intramolecular Hbond substituents is 1. The summed E-state index contributed by atoms with van der Waals surface area (Å²) in [4.78, 5) is 4.52. The zero-order chi connectivity index (χ0) is 42.3. The van der Waals surface area contributed by atoms with E-state index in [4.69, 9.17) is 4.74 Å². The SMILES string of the molecule is CN(c1ccc(-c2ccc3ccccc3c2)nn1)C1CC(C)(C)NC(C)(C)C1.COc1ccc2cc(-c3ccc(N(C)C4CC(C)(C)NC(C)(C)C4)nn3)c(O)cc2c1. The Hall–Kier alpha value is -5.32. The molecule has 310 valence electrons. The molecule has 2 fully saturated rings. The number of hydrogen-bond donors (Lipinski definition) is 3. The standard InChI is InChI=1S/C25H32N4O2.C24H30N4/c1-24(2)14-18(15-25(3,4)28-24)29(5)23-10-9-21(26-27-23)20-12-16-7-8-19(31-6)11-17(16)13-22(20)30;1-23(2)15-20(16-24(3,4)27-23)28(5)22-13-12-21(25-26-22)19-11-10-17-8-6-7-9-18(17)14-19/h7-13,18,28,30H,14-15H2,1-6H3;6-14,20,27H,15-16H2,1-5H3. The molecule has 2 aromatic heterocycles. The molecular weight excluding hydrogens is 733 g/mol. The molecule has 59 heavy (non-hydrogen) atoms. The molecule has 0 atom stereocenters. The molecule has 0 saturated carbocycles. The van der Waals surface area contributed by atoms with Crippen LogP contribution < -0.4 is 25.2 Å². The molecule has 10 heteroatoms. The Morgan fingerprint density at radius 1 is 0.542 bits per heavy atom. The van der Waals surface area contributed by atoms with Gasteiger partial charge in [0.05, 0.1) is 18.5 Å². The highest BCUT2D eigenvalue weighted by Gasteiger charge is 2.40. The van der Waals surface area contributed by atoms with Gasteiger partial charge < -0.3 is 30.3 Å². The van der Waals surface area contributed by atoms with Crippen molar-refractivity contribution in [1.82, 2.24) is 31.0 Å². The number of hydrogen-bond acceptors (Lipinski definition) is 10. The van der Waals surface area contributed by atoms with Gasteiger partial charge in [0.1, 0.15) is 11.5 Å². The lowest BCUT2D eigenvalue weighted by Gasteiger charge is -2.49. The number of nitrogens with zero attached hydrogens (tertiary/aromatic N) is 6. The summed E-state index contributed by atoms with van der Waals surface area (Å²) in [5.74, 6) is 2.71. The minimum absolute atomic E-state index is 0.0631. The van der Waals surface area contributed by atoms with Crippen molar-refractivity contribution < 1.29 is 9.84 Å². The third kappa shape index (κ3) is 9.77. The van der Waals surface area contributed by atoms with Crippen LogP contribution in [0.4, 0.5) is 11.6 Å². The molecule has 6 aromatic rings. The smallest absolute Gasteiger partial charge is 0.151 e. The van der Waals surface area contributed by atoms with Crippen molar-refractivity contribution in [2.24, 2.45) is 0 Å². The Bertz CT molecular complexity index is 2380. The van der Waals surface area contributed by atoms with Crippen molar-refractivity contribution in [2.45, 2.75) is 115 Å². The third-order valence-corrected chi connectivity index (χ3v) is 11.9. The quantitative estimate of drug-likeness (QED) is 0.144. The van der Waals surface area contributed by atoms with Gasteiger partial charge in [-0.25, -0.2) is 0 Å². The highest BCUT2D eigenvalue weighted by atomic mass is 16.5. The maximum atomic E-state index is 10.6. The van der Waals surface area contributed by atoms with Crippen LogP contribution in [-0.4, -0.2) is 80.9 Å². The Morgan fingerprint density at radius 2 is 1.03 bits per heavy atom. The maximum absolute atomic E-state index is 10.6. The predicted molar refractivity (Wildman–Crippen MR) is 244 cm³/mol. The van der Waals surface area contributed by atoms with Gasteiger partial charge in [0.25, 0.3) is 0 Å². The van der Waals surface area contributed by atoms with Crippen LogP contribution in [-0.2, 0) is 0 Å². The van der Waals surface area contributed by atoms with Gasteiger partial charge in [0, 0.05) is 59.5 Å². The van der Waals surface area contributed by atoms with Crippen LogP contribution >= 0.6 is 0 Å². The Balaban J connectivity index is 0.000000180. The van der Waals surface area contributed by atoms with E-state index in [1.54, 1.807) is 13.2 Å². The van der Waals surface area contributed by atoms with Gasteiger partial charge in [-0.1, -0.05) is 42.5 Å². The van der Waals surface area contributed by atoms with Crippen LogP contribution in [0.15, 0.2) is 97.1 Å². The number of aromatic nitrogens is 4. The van der Waals surface area contributed by atoms with E-state index in [2.05, 4.69) is 165 Å². The van der Waals surface area contributed by atoms with E-state index in [0.717, 1.165) is 65.1 Å². The van der Waals surface area contributed by atoms with Crippen molar-refractivity contribution in [2.75, 3.05) is 31.0 Å². The van der Waals surface area contributed by atoms with Gasteiger partial charge in [-0.05, 0) is 157 Å². The lowest BCUT2D eigenvalue weighted by molar-refractivity contribution is 0.160. The summed E-state index contributed by atoms with van der Waals surface area (Å²) < 4.78 is 5.28. The predicted octanol–water partition coefficient (Wildman–Crippen LogP) is 9.80. The van der Waals surface area contributed by atoms with Gasteiger partial charge in [0.15, 0.2) is 11.6 Å². The van der Waals surface area contributed by atoms with Gasteiger partial charge in [-0.2, -0.15) is 0 Å². The molecule has 2 saturated heterocycles. The van der Waals surface area contributed by atoms with E-state index >= 15 is 0 Å². The van der Waals surface area contributed by atoms with Gasteiger partial charge in [-0.15, -0.1) is 20.4 Å². The Morgan fingerprint density at radius 3 is 1.54 bits per heavy atom. The van der Waals surface area contributed by atoms with Crippen molar-refractivity contribution in [3.05, 3.63) is 97.1 Å². The first-order valence-corrected chi connectivity index (χ1v) is 20.8. The van der Waals surface area contributed by atoms with E-state index in [1.165, 1.54) is 10.8 Å². The second kappa shape index (κ2) is 16.0. The lowest BCUT2D eigenvalue weighted by Crippen LogP contribution is -2.62. The van der Waals surface area contributed by atoms with E-state index in [9.17, 15) is 5.11 Å². The van der Waals surface area contributed by atoms with E-state index in [-0.39, 0.29) is 27.9 Å².